The van der Waals surface area contributed by atoms with E-state index in [-0.39, 0.29) is 12.1 Å². The number of carbonyl (C=O) groups excluding carboxylic acids is 1. The molecule has 2 rings (SSSR count). The summed E-state index contributed by atoms with van der Waals surface area (Å²) < 4.78 is 0. The van der Waals surface area contributed by atoms with Gasteiger partial charge in [0.2, 0.25) is 0 Å². The Morgan fingerprint density at radius 1 is 1.50 bits per heavy atom. The molecule has 0 saturated heterocycles. The number of carbonyl (C=O) groups is 1. The number of amides is 2. The van der Waals surface area contributed by atoms with Crippen molar-refractivity contribution >= 4 is 28.7 Å². The van der Waals surface area contributed by atoms with Crippen LogP contribution in [0, 0.1) is 6.92 Å². The quantitative estimate of drug-likeness (QED) is 0.905. The lowest BCUT2D eigenvalue weighted by Crippen LogP contribution is -2.36. The van der Waals surface area contributed by atoms with Crippen LogP contribution in [0.5, 0.6) is 0 Å². The van der Waals surface area contributed by atoms with Crippen molar-refractivity contribution in [2.45, 2.75) is 26.4 Å². The van der Waals surface area contributed by atoms with E-state index in [4.69, 9.17) is 0 Å². The predicted octanol–water partition coefficient (Wildman–Crippen LogP) is 2.47. The predicted molar refractivity (Wildman–Crippen MR) is 72.8 cm³/mol. The molecular weight excluding hydrogens is 268 g/mol. The van der Waals surface area contributed by atoms with E-state index in [9.17, 15) is 4.79 Å². The topological polar surface area (TPSA) is 66.9 Å². The van der Waals surface area contributed by atoms with E-state index in [2.05, 4.69) is 20.6 Å². The zero-order valence-corrected chi connectivity index (χ0v) is 11.8. The van der Waals surface area contributed by atoms with Crippen LogP contribution in [0.25, 0.3) is 0 Å². The first kappa shape index (κ1) is 13.0. The maximum atomic E-state index is 11.7. The molecule has 0 bridgehead atoms. The zero-order valence-electron chi connectivity index (χ0n) is 10.1. The summed E-state index contributed by atoms with van der Waals surface area (Å²) in [4.78, 5) is 21.1. The maximum absolute atomic E-state index is 11.7. The average molecular weight is 282 g/mol. The second kappa shape index (κ2) is 5.92. The molecule has 0 saturated carbocycles. The molecule has 0 aliphatic heterocycles. The lowest BCUT2D eigenvalue weighted by Gasteiger charge is -2.11. The molecule has 0 aliphatic carbocycles. The van der Waals surface area contributed by atoms with Gasteiger partial charge in [0.1, 0.15) is 10.0 Å². The van der Waals surface area contributed by atoms with Crippen molar-refractivity contribution in [1.82, 2.24) is 20.6 Å². The Bertz CT molecular complexity index is 509. The molecule has 7 heteroatoms. The van der Waals surface area contributed by atoms with E-state index in [0.717, 1.165) is 14.9 Å². The summed E-state index contributed by atoms with van der Waals surface area (Å²) in [5, 5.41) is 9.31. The van der Waals surface area contributed by atoms with E-state index >= 15 is 0 Å². The van der Waals surface area contributed by atoms with Crippen LogP contribution in [0.1, 0.15) is 27.9 Å². The molecule has 1 atom stereocenters. The van der Waals surface area contributed by atoms with Crippen LogP contribution in [-0.4, -0.2) is 16.0 Å². The summed E-state index contributed by atoms with van der Waals surface area (Å²) in [5.74, 6) is 0. The molecule has 18 heavy (non-hydrogen) atoms. The van der Waals surface area contributed by atoms with Crippen LogP contribution >= 0.6 is 22.7 Å². The molecule has 2 N–H and O–H groups in total. The normalized spacial score (nSPS) is 12.1. The van der Waals surface area contributed by atoms with Crippen LogP contribution < -0.4 is 10.6 Å². The van der Waals surface area contributed by atoms with Crippen LogP contribution in [0.15, 0.2) is 17.8 Å². The van der Waals surface area contributed by atoms with Crippen molar-refractivity contribution in [3.05, 3.63) is 32.7 Å². The summed E-state index contributed by atoms with van der Waals surface area (Å²) in [6, 6.07) is -0.284. The number of rotatable bonds is 4. The molecule has 0 aliphatic rings. The summed E-state index contributed by atoms with van der Waals surface area (Å²) in [6.45, 7) is 4.35. The van der Waals surface area contributed by atoms with Crippen molar-refractivity contribution in [1.29, 1.82) is 0 Å². The van der Waals surface area contributed by atoms with Crippen molar-refractivity contribution in [2.75, 3.05) is 0 Å². The molecule has 5 nitrogen and oxygen atoms in total. The number of nitrogens with zero attached hydrogens (tertiary/aromatic N) is 2. The Morgan fingerprint density at radius 3 is 2.94 bits per heavy atom. The van der Waals surface area contributed by atoms with Gasteiger partial charge in [0.15, 0.2) is 0 Å². The largest absolute Gasteiger partial charge is 0.332 e. The number of thiazole rings is 2. The first-order chi connectivity index (χ1) is 8.65. The van der Waals surface area contributed by atoms with Gasteiger partial charge in [-0.15, -0.1) is 22.7 Å². The molecule has 2 heterocycles. The highest BCUT2D eigenvalue weighted by Crippen LogP contribution is 2.14. The van der Waals surface area contributed by atoms with E-state index in [1.54, 1.807) is 23.7 Å². The van der Waals surface area contributed by atoms with Crippen LogP contribution in [0.2, 0.25) is 0 Å². The second-order valence-corrected chi connectivity index (χ2v) is 6.03. The van der Waals surface area contributed by atoms with Crippen LogP contribution in [-0.2, 0) is 6.54 Å². The van der Waals surface area contributed by atoms with E-state index in [1.807, 2.05) is 19.2 Å². The highest BCUT2D eigenvalue weighted by atomic mass is 32.1. The molecule has 0 radical (unpaired) electrons. The fourth-order valence-electron chi connectivity index (χ4n) is 1.40. The Kier molecular flexibility index (Phi) is 4.27. The number of aromatic nitrogens is 2. The Balaban J connectivity index is 1.78. The molecule has 1 unspecified atom stereocenters. The molecule has 2 amide bonds. The molecular formula is C11H14N4OS2. The average Bonchev–Trinajstić information content (AvgIpc) is 2.97. The van der Waals surface area contributed by atoms with Gasteiger partial charge >= 0.3 is 6.03 Å². The smallest absolute Gasteiger partial charge is 0.315 e. The number of urea groups is 1. The van der Waals surface area contributed by atoms with Crippen molar-refractivity contribution in [3.63, 3.8) is 0 Å². The standard InChI is InChI=1S/C11H14N4OS2/c1-7-5-13-9(18-7)6-14-11(16)15-8(2)10-12-3-4-17-10/h3-5,8H,6H2,1-2H3,(H2,14,15,16). The highest BCUT2D eigenvalue weighted by Gasteiger charge is 2.11. The Morgan fingerprint density at radius 2 is 2.33 bits per heavy atom. The lowest BCUT2D eigenvalue weighted by molar-refractivity contribution is 0.237. The minimum Gasteiger partial charge on any atom is -0.332 e. The number of hydrogen-bond acceptors (Lipinski definition) is 5. The molecule has 2 aromatic rings. The third-order valence-electron chi connectivity index (χ3n) is 2.24. The molecule has 0 spiro atoms. The maximum Gasteiger partial charge on any atom is 0.315 e. The van der Waals surface area contributed by atoms with E-state index < -0.39 is 0 Å². The zero-order chi connectivity index (χ0) is 13.0. The monoisotopic (exact) mass is 282 g/mol. The van der Waals surface area contributed by atoms with Gasteiger partial charge < -0.3 is 10.6 Å². The first-order valence-corrected chi connectivity index (χ1v) is 7.20. The third kappa shape index (κ3) is 3.51. The van der Waals surface area contributed by atoms with Gasteiger partial charge in [-0.2, -0.15) is 0 Å². The summed E-state index contributed by atoms with van der Waals surface area (Å²) in [7, 11) is 0. The SMILES string of the molecule is Cc1cnc(CNC(=O)NC(C)c2nccs2)s1. The van der Waals surface area contributed by atoms with Gasteiger partial charge in [0.05, 0.1) is 12.6 Å². The van der Waals surface area contributed by atoms with Gasteiger partial charge in [-0.05, 0) is 13.8 Å². The lowest BCUT2D eigenvalue weighted by atomic mass is 10.4. The van der Waals surface area contributed by atoms with Gasteiger partial charge in [0, 0.05) is 22.7 Å². The number of nitrogens with one attached hydrogen (secondary N) is 2. The molecule has 96 valence electrons. The highest BCUT2D eigenvalue weighted by molar-refractivity contribution is 7.11. The number of aryl methyl sites for hydroxylation is 1. The summed E-state index contributed by atoms with van der Waals surface area (Å²) in [6.07, 6.45) is 3.53. The van der Waals surface area contributed by atoms with Gasteiger partial charge in [0.25, 0.3) is 0 Å². The second-order valence-electron chi connectivity index (χ2n) is 3.78. The van der Waals surface area contributed by atoms with Gasteiger partial charge in [-0.1, -0.05) is 0 Å². The Hall–Kier alpha value is -1.47. The minimum absolute atomic E-state index is 0.0805. The first-order valence-electron chi connectivity index (χ1n) is 5.50. The Labute approximate surface area is 113 Å². The van der Waals surface area contributed by atoms with E-state index in [0.29, 0.717) is 6.54 Å². The van der Waals surface area contributed by atoms with E-state index in [1.165, 1.54) is 11.3 Å². The fourth-order valence-corrected chi connectivity index (χ4v) is 2.77. The molecule has 0 fully saturated rings. The summed E-state index contributed by atoms with van der Waals surface area (Å²) in [5.41, 5.74) is 0. The molecule has 0 aromatic carbocycles. The number of hydrogen-bond donors (Lipinski definition) is 2. The minimum atomic E-state index is -0.203. The van der Waals surface area contributed by atoms with Crippen LogP contribution in [0.4, 0.5) is 4.79 Å². The van der Waals surface area contributed by atoms with Crippen molar-refractivity contribution < 1.29 is 4.79 Å². The molecule has 2 aromatic heterocycles. The fraction of sp³-hybridized carbons (Fsp3) is 0.364. The third-order valence-corrected chi connectivity index (χ3v) is 4.11. The summed E-state index contributed by atoms with van der Waals surface area (Å²) >= 11 is 3.11. The van der Waals surface area contributed by atoms with Gasteiger partial charge in [-0.25, -0.2) is 14.8 Å². The van der Waals surface area contributed by atoms with Crippen molar-refractivity contribution in [2.24, 2.45) is 0 Å². The van der Waals surface area contributed by atoms with Crippen molar-refractivity contribution in [3.8, 4) is 0 Å². The van der Waals surface area contributed by atoms with Gasteiger partial charge in [-0.3, -0.25) is 0 Å². The van der Waals surface area contributed by atoms with Crippen LogP contribution in [0.3, 0.4) is 0 Å².